The Balaban J connectivity index is 2.76. The van der Waals surface area contributed by atoms with E-state index in [9.17, 15) is 15.0 Å². The van der Waals surface area contributed by atoms with Gasteiger partial charge in [-0.1, -0.05) is 0 Å². The minimum atomic E-state index is -1.12. The Morgan fingerprint density at radius 2 is 1.93 bits per heavy atom. The van der Waals surface area contributed by atoms with Crippen LogP contribution in [0.4, 0.5) is 0 Å². The van der Waals surface area contributed by atoms with Gasteiger partial charge in [0, 0.05) is 18.3 Å². The van der Waals surface area contributed by atoms with Crippen molar-refractivity contribution in [2.75, 3.05) is 21.1 Å². The molecule has 4 heteroatoms. The highest BCUT2D eigenvalue weighted by molar-refractivity contribution is 5.68. The summed E-state index contributed by atoms with van der Waals surface area (Å²) >= 11 is 0. The van der Waals surface area contributed by atoms with Gasteiger partial charge < -0.3 is 19.5 Å². The molecule has 3 atom stereocenters. The van der Waals surface area contributed by atoms with Crippen molar-refractivity contribution in [1.29, 1.82) is 0 Å². The molecule has 0 radical (unpaired) electrons. The molecule has 1 N–H and O–H groups in total. The first-order valence-electron chi connectivity index (χ1n) is 5.04. The van der Waals surface area contributed by atoms with Crippen LogP contribution >= 0.6 is 0 Å². The Labute approximate surface area is 84.7 Å². The summed E-state index contributed by atoms with van der Waals surface area (Å²) in [5.41, 5.74) is 0. The van der Waals surface area contributed by atoms with Gasteiger partial charge in [0.15, 0.2) is 0 Å². The van der Waals surface area contributed by atoms with E-state index in [4.69, 9.17) is 0 Å². The maximum atomic E-state index is 10.8. The number of aliphatic carboxylic acids is 1. The maximum Gasteiger partial charge on any atom is 0.115 e. The quantitative estimate of drug-likeness (QED) is 0.581. The molecule has 0 spiro atoms. The number of likely N-dealkylation sites (N-methyl/N-ethyl adjacent to an activating group) is 1. The first kappa shape index (κ1) is 11.5. The third kappa shape index (κ3) is 2.25. The van der Waals surface area contributed by atoms with Crippen molar-refractivity contribution in [3.05, 3.63) is 0 Å². The van der Waals surface area contributed by atoms with Crippen LogP contribution in [0.3, 0.4) is 0 Å². The van der Waals surface area contributed by atoms with E-state index in [1.54, 1.807) is 0 Å². The predicted molar refractivity (Wildman–Crippen MR) is 50.2 cm³/mol. The fourth-order valence-electron chi connectivity index (χ4n) is 2.26. The summed E-state index contributed by atoms with van der Waals surface area (Å²) in [6.45, 7) is 0. The first-order valence-corrected chi connectivity index (χ1v) is 5.04. The number of carbonyl (C=O) groups is 1. The Bertz CT molecular complexity index is 222. The second kappa shape index (κ2) is 3.87. The number of hydrogen-bond acceptors (Lipinski definition) is 3. The van der Waals surface area contributed by atoms with Crippen molar-refractivity contribution in [3.63, 3.8) is 0 Å². The number of carboxylic acids is 1. The highest BCUT2D eigenvalue weighted by atomic mass is 16.4. The molecule has 1 fully saturated rings. The van der Waals surface area contributed by atoms with E-state index < -0.39 is 18.0 Å². The molecule has 4 nitrogen and oxygen atoms in total. The number of aliphatic hydroxyl groups excluding tert-OH is 1. The van der Waals surface area contributed by atoms with Gasteiger partial charge in [-0.25, -0.2) is 0 Å². The normalized spacial score (nSPS) is 34.1. The molecule has 82 valence electrons. The lowest BCUT2D eigenvalue weighted by Gasteiger charge is -2.43. The minimum Gasteiger partial charge on any atom is -0.550 e. The summed E-state index contributed by atoms with van der Waals surface area (Å²) in [4.78, 5) is 10.8. The van der Waals surface area contributed by atoms with Gasteiger partial charge in [0.25, 0.3) is 0 Å². The van der Waals surface area contributed by atoms with Crippen molar-refractivity contribution in [1.82, 2.24) is 0 Å². The zero-order valence-corrected chi connectivity index (χ0v) is 9.06. The van der Waals surface area contributed by atoms with Gasteiger partial charge in [-0.05, 0) is 12.8 Å². The average molecular weight is 201 g/mol. The summed E-state index contributed by atoms with van der Waals surface area (Å²) in [6.07, 6.45) is 1.51. The van der Waals surface area contributed by atoms with E-state index in [0.717, 1.165) is 12.8 Å². The highest BCUT2D eigenvalue weighted by Crippen LogP contribution is 2.29. The fraction of sp³-hybridized carbons (Fsp3) is 0.900. The monoisotopic (exact) mass is 201 g/mol. The Hall–Kier alpha value is -0.610. The molecule has 1 aliphatic carbocycles. The molecule has 0 aliphatic heterocycles. The smallest absolute Gasteiger partial charge is 0.115 e. The van der Waals surface area contributed by atoms with Gasteiger partial charge in [-0.2, -0.15) is 0 Å². The van der Waals surface area contributed by atoms with Gasteiger partial charge in [-0.15, -0.1) is 0 Å². The minimum absolute atomic E-state index is 0.00616. The molecule has 1 aliphatic rings. The lowest BCUT2D eigenvalue weighted by Crippen LogP contribution is -2.58. The van der Waals surface area contributed by atoms with Crippen molar-refractivity contribution in [2.45, 2.75) is 31.4 Å². The van der Waals surface area contributed by atoms with Crippen LogP contribution in [0.5, 0.6) is 0 Å². The van der Waals surface area contributed by atoms with Gasteiger partial charge in [-0.3, -0.25) is 0 Å². The number of rotatable bonds is 2. The van der Waals surface area contributed by atoms with Crippen LogP contribution in [-0.2, 0) is 4.79 Å². The van der Waals surface area contributed by atoms with Crippen LogP contribution in [0.1, 0.15) is 19.3 Å². The molecule has 1 rings (SSSR count). The van der Waals surface area contributed by atoms with E-state index in [0.29, 0.717) is 10.9 Å². The summed E-state index contributed by atoms with van der Waals surface area (Å²) in [5, 5.41) is 20.7. The zero-order chi connectivity index (χ0) is 10.9. The molecule has 0 amide bonds. The van der Waals surface area contributed by atoms with Gasteiger partial charge in [0.1, 0.15) is 12.1 Å². The van der Waals surface area contributed by atoms with E-state index >= 15 is 0 Å². The number of hydrogen-bond donors (Lipinski definition) is 1. The van der Waals surface area contributed by atoms with Gasteiger partial charge >= 0.3 is 0 Å². The van der Waals surface area contributed by atoms with Crippen molar-refractivity contribution in [3.8, 4) is 0 Å². The van der Waals surface area contributed by atoms with Crippen molar-refractivity contribution < 1.29 is 19.5 Å². The van der Waals surface area contributed by atoms with Crippen LogP contribution in [0.2, 0.25) is 0 Å². The largest absolute Gasteiger partial charge is 0.550 e. The molecule has 14 heavy (non-hydrogen) atoms. The molecular formula is C10H19NO3. The lowest BCUT2D eigenvalue weighted by atomic mass is 9.82. The van der Waals surface area contributed by atoms with E-state index in [-0.39, 0.29) is 6.04 Å². The Morgan fingerprint density at radius 3 is 2.36 bits per heavy atom. The molecule has 0 saturated heterocycles. The number of quaternary nitrogens is 1. The molecular weight excluding hydrogens is 182 g/mol. The number of nitrogens with zero attached hydrogens (tertiary/aromatic N) is 1. The first-order chi connectivity index (χ1) is 6.34. The second-order valence-electron chi connectivity index (χ2n) is 5.03. The van der Waals surface area contributed by atoms with E-state index in [1.807, 2.05) is 21.1 Å². The number of carboxylic acid groups (broad SMARTS) is 1. The molecule has 0 bridgehead atoms. The zero-order valence-electron chi connectivity index (χ0n) is 9.06. The molecule has 0 unspecified atom stereocenters. The van der Waals surface area contributed by atoms with Crippen LogP contribution in [0.25, 0.3) is 0 Å². The Morgan fingerprint density at radius 1 is 1.36 bits per heavy atom. The number of carbonyl (C=O) groups excluding carboxylic acids is 1. The molecule has 1 saturated carbocycles. The standard InChI is InChI=1S/C10H19NO3/c1-11(2,3)8-6-4-5-7(9(8)12)10(13)14/h7-9,12H,4-6H2,1-3H3/t7-,8+,9-/m0/s1. The number of aliphatic hydroxyl groups is 1. The van der Waals surface area contributed by atoms with Crippen LogP contribution < -0.4 is 5.11 Å². The summed E-state index contributed by atoms with van der Waals surface area (Å²) < 4.78 is 0.602. The predicted octanol–water partition coefficient (Wildman–Crippen LogP) is -1.03. The molecule has 0 aromatic carbocycles. The van der Waals surface area contributed by atoms with Crippen molar-refractivity contribution in [2.24, 2.45) is 5.92 Å². The highest BCUT2D eigenvalue weighted by Gasteiger charge is 2.39. The third-order valence-corrected chi connectivity index (χ3v) is 3.12. The third-order valence-electron chi connectivity index (χ3n) is 3.12. The SMILES string of the molecule is C[N+](C)(C)[C@@H]1CCC[C@H](C(=O)[O-])[C@@H]1O. The van der Waals surface area contributed by atoms with Crippen LogP contribution in [0.15, 0.2) is 0 Å². The summed E-state index contributed by atoms with van der Waals surface area (Å²) in [7, 11) is 5.93. The maximum absolute atomic E-state index is 10.8. The fourth-order valence-corrected chi connectivity index (χ4v) is 2.26. The summed E-state index contributed by atoms with van der Waals surface area (Å²) in [6, 6.07) is 0.00616. The van der Waals surface area contributed by atoms with Crippen molar-refractivity contribution >= 4 is 5.97 Å². The molecule has 0 heterocycles. The average Bonchev–Trinajstić information content (AvgIpc) is 2.01. The summed E-state index contributed by atoms with van der Waals surface area (Å²) in [5.74, 6) is -1.80. The molecule has 0 aromatic heterocycles. The van der Waals surface area contributed by atoms with Gasteiger partial charge in [0.05, 0.1) is 21.1 Å². The van der Waals surface area contributed by atoms with Gasteiger partial charge in [0.2, 0.25) is 0 Å². The second-order valence-corrected chi connectivity index (χ2v) is 5.03. The van der Waals surface area contributed by atoms with Crippen LogP contribution in [-0.4, -0.2) is 48.8 Å². The van der Waals surface area contributed by atoms with E-state index in [1.165, 1.54) is 0 Å². The van der Waals surface area contributed by atoms with Crippen LogP contribution in [0, 0.1) is 5.92 Å². The topological polar surface area (TPSA) is 60.4 Å². The Kier molecular flexibility index (Phi) is 3.17. The van der Waals surface area contributed by atoms with E-state index in [2.05, 4.69) is 0 Å². The lowest BCUT2D eigenvalue weighted by molar-refractivity contribution is -0.901. The molecule has 0 aromatic rings.